The number of rotatable bonds is 13. The van der Waals surface area contributed by atoms with Crippen LogP contribution in [0.1, 0.15) is 65.4 Å². The zero-order valence-electron chi connectivity index (χ0n) is 27.7. The molecule has 252 valence electrons. The molecule has 3 rings (SSSR count). The fourth-order valence-electron chi connectivity index (χ4n) is 5.23. The summed E-state index contributed by atoms with van der Waals surface area (Å²) in [6, 6.07) is 11.7. The number of hydrogen-bond donors (Lipinski definition) is 5. The van der Waals surface area contributed by atoms with E-state index in [0.717, 1.165) is 0 Å². The Kier molecular flexibility index (Phi) is 13.7. The number of nitrogens with two attached hydrogens (primary N) is 1. The lowest BCUT2D eigenvalue weighted by Crippen LogP contribution is -2.49. The van der Waals surface area contributed by atoms with E-state index in [4.69, 9.17) is 10.5 Å². The molecule has 6 N–H and O–H groups in total. The van der Waals surface area contributed by atoms with E-state index in [0.29, 0.717) is 60.6 Å². The van der Waals surface area contributed by atoms with Crippen LogP contribution in [0, 0.1) is 5.92 Å². The summed E-state index contributed by atoms with van der Waals surface area (Å²) in [5.74, 6) is -0.0939. The van der Waals surface area contributed by atoms with Crippen molar-refractivity contribution in [1.29, 1.82) is 0 Å². The number of nitrogen functional groups attached to an aromatic ring is 1. The molecule has 0 saturated carbocycles. The Balaban J connectivity index is 1.62. The van der Waals surface area contributed by atoms with Gasteiger partial charge in [-0.05, 0) is 63.9 Å². The number of amides is 5. The predicted octanol–water partition coefficient (Wildman–Crippen LogP) is 4.00. The van der Waals surface area contributed by atoms with Gasteiger partial charge in [-0.15, -0.1) is 0 Å². The first kappa shape index (κ1) is 36.2. The SMILES string of the molecule is CC(C)NC(=O)N(C)C[C@H]1Oc2ccc(NC(=O)CCCCCC(=O)Nc3ccccc3N)cc2CC(=O)N([C@H](C)CO)C[C@H]1C. The van der Waals surface area contributed by atoms with Crippen molar-refractivity contribution in [2.24, 2.45) is 5.92 Å². The summed E-state index contributed by atoms with van der Waals surface area (Å²) in [6.45, 7) is 8.00. The van der Waals surface area contributed by atoms with E-state index in [-0.39, 0.29) is 61.7 Å². The van der Waals surface area contributed by atoms with Gasteiger partial charge in [-0.25, -0.2) is 4.79 Å². The quantitative estimate of drug-likeness (QED) is 0.163. The molecule has 12 nitrogen and oxygen atoms in total. The maximum Gasteiger partial charge on any atom is 0.317 e. The average Bonchev–Trinajstić information content (AvgIpc) is 3.04. The molecule has 1 aliphatic heterocycles. The Morgan fingerprint density at radius 2 is 1.72 bits per heavy atom. The molecule has 1 aliphatic rings. The van der Waals surface area contributed by atoms with Crippen LogP contribution in [0.5, 0.6) is 5.75 Å². The largest absolute Gasteiger partial charge is 0.488 e. The molecule has 0 bridgehead atoms. The summed E-state index contributed by atoms with van der Waals surface area (Å²) >= 11 is 0. The highest BCUT2D eigenvalue weighted by atomic mass is 16.5. The maximum absolute atomic E-state index is 13.5. The van der Waals surface area contributed by atoms with Crippen LogP contribution < -0.4 is 26.4 Å². The Hall–Kier alpha value is -4.32. The van der Waals surface area contributed by atoms with Crippen molar-refractivity contribution in [3.05, 3.63) is 48.0 Å². The number of benzene rings is 2. The zero-order valence-corrected chi connectivity index (χ0v) is 27.7. The van der Waals surface area contributed by atoms with Crippen molar-refractivity contribution in [2.75, 3.05) is 43.1 Å². The molecule has 0 fully saturated rings. The maximum atomic E-state index is 13.5. The van der Waals surface area contributed by atoms with Crippen LogP contribution >= 0.6 is 0 Å². The molecule has 0 radical (unpaired) electrons. The molecule has 0 unspecified atom stereocenters. The van der Waals surface area contributed by atoms with Gasteiger partial charge in [-0.1, -0.05) is 25.5 Å². The van der Waals surface area contributed by atoms with Crippen molar-refractivity contribution in [3.63, 3.8) is 0 Å². The topological polar surface area (TPSA) is 166 Å². The van der Waals surface area contributed by atoms with Crippen molar-refractivity contribution >= 4 is 40.8 Å². The second kappa shape index (κ2) is 17.4. The number of urea groups is 1. The number of ether oxygens (including phenoxy) is 1. The third-order valence-electron chi connectivity index (χ3n) is 7.96. The number of likely N-dealkylation sites (N-methyl/N-ethyl adjacent to an activating group) is 1. The minimum atomic E-state index is -0.437. The van der Waals surface area contributed by atoms with Gasteiger partial charge < -0.3 is 41.3 Å². The Morgan fingerprint density at radius 3 is 2.37 bits per heavy atom. The third kappa shape index (κ3) is 10.9. The fourth-order valence-corrected chi connectivity index (χ4v) is 5.23. The summed E-state index contributed by atoms with van der Waals surface area (Å²) in [5.41, 5.74) is 8.13. The van der Waals surface area contributed by atoms with Crippen molar-refractivity contribution < 1.29 is 29.0 Å². The van der Waals surface area contributed by atoms with Gasteiger partial charge in [-0.2, -0.15) is 0 Å². The van der Waals surface area contributed by atoms with Gasteiger partial charge in [0, 0.05) is 49.6 Å². The molecule has 3 atom stereocenters. The number of nitrogens with zero attached hydrogens (tertiary/aromatic N) is 2. The number of hydrogen-bond acceptors (Lipinski definition) is 7. The van der Waals surface area contributed by atoms with Crippen LogP contribution in [0.25, 0.3) is 0 Å². The van der Waals surface area contributed by atoms with E-state index in [2.05, 4.69) is 16.0 Å². The van der Waals surface area contributed by atoms with Gasteiger partial charge >= 0.3 is 6.03 Å². The lowest BCUT2D eigenvalue weighted by molar-refractivity contribution is -0.134. The van der Waals surface area contributed by atoms with Crippen LogP contribution in [0.15, 0.2) is 42.5 Å². The highest BCUT2D eigenvalue weighted by Gasteiger charge is 2.32. The summed E-state index contributed by atoms with van der Waals surface area (Å²) in [6.07, 6.45) is 2.17. The van der Waals surface area contributed by atoms with Crippen LogP contribution in [0.3, 0.4) is 0 Å². The number of nitrogens with one attached hydrogen (secondary N) is 3. The van der Waals surface area contributed by atoms with E-state index < -0.39 is 12.1 Å². The van der Waals surface area contributed by atoms with Crippen LogP contribution in [-0.2, 0) is 20.8 Å². The number of fused-ring (bicyclic) bond motifs is 1. The predicted molar refractivity (Wildman–Crippen MR) is 179 cm³/mol. The summed E-state index contributed by atoms with van der Waals surface area (Å²) < 4.78 is 6.46. The van der Waals surface area contributed by atoms with E-state index in [9.17, 15) is 24.3 Å². The van der Waals surface area contributed by atoms with Crippen molar-refractivity contribution in [1.82, 2.24) is 15.1 Å². The standard InChI is InChI=1S/C34H50N6O6/c1-22(2)36-34(45)39(5)20-30-23(3)19-40(24(4)21-41)33(44)18-25-17-26(15-16-29(25)46-30)37-31(42)13-7-6-8-14-32(43)38-28-12-10-9-11-27(28)35/h9-12,15-17,22-24,30,41H,6-8,13-14,18-21,35H2,1-5H3,(H,36,45)(H,37,42)(H,38,43)/t23-,24-,30-/m1/s1. The number of anilines is 3. The molecule has 0 saturated heterocycles. The van der Waals surface area contributed by atoms with Gasteiger partial charge in [-0.3, -0.25) is 14.4 Å². The molecular formula is C34H50N6O6. The first-order chi connectivity index (χ1) is 21.9. The average molecular weight is 639 g/mol. The van der Waals surface area contributed by atoms with Crippen molar-refractivity contribution in [2.45, 2.75) is 84.4 Å². The molecule has 0 aromatic heterocycles. The molecule has 46 heavy (non-hydrogen) atoms. The van der Waals surface area contributed by atoms with E-state index in [1.807, 2.05) is 26.8 Å². The van der Waals surface area contributed by atoms with Gasteiger partial charge in [0.05, 0.1) is 37.0 Å². The Bertz CT molecular complexity index is 1350. The second-order valence-corrected chi connectivity index (χ2v) is 12.4. The number of aliphatic hydroxyl groups is 1. The monoisotopic (exact) mass is 638 g/mol. The lowest BCUT2D eigenvalue weighted by atomic mass is 10.0. The number of carbonyl (C=O) groups excluding carboxylic acids is 4. The van der Waals surface area contributed by atoms with Gasteiger partial charge in [0.15, 0.2) is 0 Å². The molecule has 1 heterocycles. The van der Waals surface area contributed by atoms with Crippen LogP contribution in [-0.4, -0.2) is 83.6 Å². The molecule has 0 spiro atoms. The van der Waals surface area contributed by atoms with Crippen LogP contribution in [0.4, 0.5) is 21.9 Å². The normalized spacial score (nSPS) is 17.1. The van der Waals surface area contributed by atoms with Crippen LogP contribution in [0.2, 0.25) is 0 Å². The molecule has 2 aromatic carbocycles. The van der Waals surface area contributed by atoms with Crippen molar-refractivity contribution in [3.8, 4) is 5.75 Å². The van der Waals surface area contributed by atoms with E-state index in [1.165, 1.54) is 0 Å². The number of carbonyl (C=O) groups is 4. The number of aliphatic hydroxyl groups excluding tert-OH is 1. The smallest absolute Gasteiger partial charge is 0.317 e. The summed E-state index contributed by atoms with van der Waals surface area (Å²) in [4.78, 5) is 54.3. The Morgan fingerprint density at radius 1 is 1.04 bits per heavy atom. The van der Waals surface area contributed by atoms with Gasteiger partial charge in [0.2, 0.25) is 17.7 Å². The number of unbranched alkanes of at least 4 members (excludes halogenated alkanes) is 2. The first-order valence-electron chi connectivity index (χ1n) is 16.0. The molecule has 5 amide bonds. The molecular weight excluding hydrogens is 588 g/mol. The lowest BCUT2D eigenvalue weighted by Gasteiger charge is -2.34. The third-order valence-corrected chi connectivity index (χ3v) is 7.96. The summed E-state index contributed by atoms with van der Waals surface area (Å²) in [7, 11) is 1.70. The van der Waals surface area contributed by atoms with E-state index >= 15 is 0 Å². The summed E-state index contributed by atoms with van der Waals surface area (Å²) in [5, 5.41) is 18.5. The van der Waals surface area contributed by atoms with E-state index in [1.54, 1.807) is 60.2 Å². The molecule has 12 heteroatoms. The second-order valence-electron chi connectivity index (χ2n) is 12.4. The zero-order chi connectivity index (χ0) is 33.8. The van der Waals surface area contributed by atoms with Gasteiger partial charge in [0.1, 0.15) is 11.9 Å². The highest BCUT2D eigenvalue weighted by Crippen LogP contribution is 2.29. The molecule has 2 aromatic rings. The highest BCUT2D eigenvalue weighted by molar-refractivity contribution is 5.94. The fraction of sp³-hybridized carbons (Fsp3) is 0.529. The minimum Gasteiger partial charge on any atom is -0.488 e. The Labute approximate surface area is 272 Å². The minimum absolute atomic E-state index is 0.0200. The molecule has 0 aliphatic carbocycles. The van der Waals surface area contributed by atoms with Gasteiger partial charge in [0.25, 0.3) is 0 Å². The first-order valence-corrected chi connectivity index (χ1v) is 16.0. The number of para-hydroxylation sites is 2.